The molecular weight excluding hydrogens is 411 g/mol. The van der Waals surface area contributed by atoms with Crippen LogP contribution in [0.3, 0.4) is 0 Å². The van der Waals surface area contributed by atoms with E-state index in [2.05, 4.69) is 25.7 Å². The topological polar surface area (TPSA) is 137 Å². The van der Waals surface area contributed by atoms with Crippen LogP contribution in [0.5, 0.6) is 0 Å². The van der Waals surface area contributed by atoms with Gasteiger partial charge in [-0.1, -0.05) is 18.5 Å². The van der Waals surface area contributed by atoms with Crippen LogP contribution in [0.15, 0.2) is 36.9 Å². The largest absolute Gasteiger partial charge is 0.365 e. The second-order valence-electron chi connectivity index (χ2n) is 6.76. The first kappa shape index (κ1) is 21.5. The second-order valence-corrected chi connectivity index (χ2v) is 7.19. The zero-order chi connectivity index (χ0) is 21.8. The monoisotopic (exact) mass is 432 g/mol. The third-order valence-corrected chi connectivity index (χ3v) is 4.64. The Labute approximate surface area is 177 Å². The molecule has 0 unspecified atom stereocenters. The Morgan fingerprint density at radius 1 is 1.30 bits per heavy atom. The molecule has 0 bridgehead atoms. The fourth-order valence-electron chi connectivity index (χ4n) is 2.85. The normalized spacial score (nSPS) is 13.0. The summed E-state index contributed by atoms with van der Waals surface area (Å²) in [6.07, 6.45) is 6.89. The van der Waals surface area contributed by atoms with Crippen molar-refractivity contribution in [1.29, 1.82) is 0 Å². The molecule has 11 heteroatoms. The first-order valence-corrected chi connectivity index (χ1v) is 9.61. The summed E-state index contributed by atoms with van der Waals surface area (Å²) in [5.41, 5.74) is 12.4. The van der Waals surface area contributed by atoms with Crippen LogP contribution in [0.4, 0.5) is 21.7 Å². The van der Waals surface area contributed by atoms with E-state index in [1.807, 2.05) is 13.8 Å². The van der Waals surface area contributed by atoms with E-state index in [-0.39, 0.29) is 29.3 Å². The highest BCUT2D eigenvalue weighted by atomic mass is 35.5. The molecule has 3 aromatic heterocycles. The highest BCUT2D eigenvalue weighted by Gasteiger charge is 2.19. The molecule has 0 saturated heterocycles. The maximum Gasteiger partial charge on any atom is 0.252 e. The lowest BCUT2D eigenvalue weighted by molar-refractivity contribution is 0.100. The van der Waals surface area contributed by atoms with Crippen molar-refractivity contribution in [2.45, 2.75) is 32.4 Å². The molecule has 0 fully saturated rings. The maximum absolute atomic E-state index is 14.5. The lowest BCUT2D eigenvalue weighted by Gasteiger charge is -2.22. The SMILES string of the molecule is CC[C@@H](Nc1nc(Nc2cncc(-n3cc(Cl)cn3)c2)c(C(N)=O)cc1F)[C@H](C)N. The van der Waals surface area contributed by atoms with Crippen LogP contribution < -0.4 is 22.1 Å². The third-order valence-electron chi connectivity index (χ3n) is 4.44. The Kier molecular flexibility index (Phi) is 6.48. The van der Waals surface area contributed by atoms with Crippen molar-refractivity contribution in [2.24, 2.45) is 11.5 Å². The van der Waals surface area contributed by atoms with E-state index < -0.39 is 11.7 Å². The molecule has 1 amide bonds. The highest BCUT2D eigenvalue weighted by Crippen LogP contribution is 2.25. The summed E-state index contributed by atoms with van der Waals surface area (Å²) in [7, 11) is 0. The predicted octanol–water partition coefficient (Wildman–Crippen LogP) is 2.83. The second kappa shape index (κ2) is 9.06. The molecule has 158 valence electrons. The van der Waals surface area contributed by atoms with Gasteiger partial charge < -0.3 is 22.1 Å². The van der Waals surface area contributed by atoms with Gasteiger partial charge in [-0.3, -0.25) is 9.78 Å². The van der Waals surface area contributed by atoms with Crippen molar-refractivity contribution < 1.29 is 9.18 Å². The van der Waals surface area contributed by atoms with Gasteiger partial charge in [0.25, 0.3) is 5.91 Å². The Morgan fingerprint density at radius 2 is 2.07 bits per heavy atom. The number of hydrogen-bond acceptors (Lipinski definition) is 7. The van der Waals surface area contributed by atoms with E-state index in [9.17, 15) is 9.18 Å². The Morgan fingerprint density at radius 3 is 2.67 bits per heavy atom. The van der Waals surface area contributed by atoms with Gasteiger partial charge in [-0.15, -0.1) is 0 Å². The Hall–Kier alpha value is -3.24. The number of nitrogens with zero attached hydrogens (tertiary/aromatic N) is 4. The van der Waals surface area contributed by atoms with E-state index in [1.165, 1.54) is 17.1 Å². The summed E-state index contributed by atoms with van der Waals surface area (Å²) in [6, 6.07) is 2.33. The first-order valence-electron chi connectivity index (χ1n) is 9.23. The highest BCUT2D eigenvalue weighted by molar-refractivity contribution is 6.30. The number of carbonyl (C=O) groups excluding carboxylic acids is 1. The summed E-state index contributed by atoms with van der Waals surface area (Å²) < 4.78 is 16.1. The molecule has 9 nitrogen and oxygen atoms in total. The zero-order valence-corrected chi connectivity index (χ0v) is 17.2. The van der Waals surface area contributed by atoms with E-state index in [0.717, 1.165) is 6.07 Å². The lowest BCUT2D eigenvalue weighted by atomic mass is 10.1. The quantitative estimate of drug-likeness (QED) is 0.429. The Balaban J connectivity index is 1.96. The molecule has 3 rings (SSSR count). The molecule has 0 spiro atoms. The molecule has 6 N–H and O–H groups in total. The minimum atomic E-state index is -0.822. The van der Waals surface area contributed by atoms with Crippen molar-refractivity contribution in [1.82, 2.24) is 19.7 Å². The molecule has 0 radical (unpaired) electrons. The average molecular weight is 433 g/mol. The number of aromatic nitrogens is 4. The molecule has 0 aromatic carbocycles. The molecule has 0 aliphatic rings. The molecule has 0 aliphatic heterocycles. The number of amides is 1. The fourth-order valence-corrected chi connectivity index (χ4v) is 2.99. The average Bonchev–Trinajstić information content (AvgIpc) is 3.14. The molecular formula is C19H22ClFN8O. The molecule has 0 aliphatic carbocycles. The first-order chi connectivity index (χ1) is 14.3. The van der Waals surface area contributed by atoms with Crippen molar-refractivity contribution in [2.75, 3.05) is 10.6 Å². The standard InChI is InChI=1S/C19H22ClFN8O/c1-3-16(10(2)22)27-19-15(21)5-14(17(23)30)18(28-19)26-12-4-13(8-24-7-12)29-9-11(20)6-25-29/h4-10,16H,3,22H2,1-2H3,(H2,23,30)(H2,26,27,28)/t10-,16+/m0/s1. The minimum Gasteiger partial charge on any atom is -0.365 e. The van der Waals surface area contributed by atoms with E-state index in [1.54, 1.807) is 18.5 Å². The summed E-state index contributed by atoms with van der Waals surface area (Å²) >= 11 is 5.91. The summed E-state index contributed by atoms with van der Waals surface area (Å²) in [5.74, 6) is -1.47. The van der Waals surface area contributed by atoms with Gasteiger partial charge in [0.1, 0.15) is 5.82 Å². The van der Waals surface area contributed by atoms with Gasteiger partial charge in [-0.2, -0.15) is 5.10 Å². The summed E-state index contributed by atoms with van der Waals surface area (Å²) in [6.45, 7) is 3.74. The van der Waals surface area contributed by atoms with Crippen molar-refractivity contribution in [3.05, 3.63) is 53.3 Å². The van der Waals surface area contributed by atoms with E-state index in [0.29, 0.717) is 22.8 Å². The predicted molar refractivity (Wildman–Crippen MR) is 114 cm³/mol. The van der Waals surface area contributed by atoms with Gasteiger partial charge in [0.2, 0.25) is 0 Å². The maximum atomic E-state index is 14.5. The number of carbonyl (C=O) groups is 1. The molecule has 2 atom stereocenters. The van der Waals surface area contributed by atoms with Crippen molar-refractivity contribution in [3.8, 4) is 5.69 Å². The summed E-state index contributed by atoms with van der Waals surface area (Å²) in [5, 5.41) is 10.5. The molecule has 30 heavy (non-hydrogen) atoms. The van der Waals surface area contributed by atoms with Gasteiger partial charge in [0.05, 0.1) is 40.6 Å². The Bertz CT molecular complexity index is 1050. The number of halogens is 2. The van der Waals surface area contributed by atoms with Crippen molar-refractivity contribution in [3.63, 3.8) is 0 Å². The minimum absolute atomic E-state index is 0.0328. The molecule has 3 heterocycles. The van der Waals surface area contributed by atoms with Crippen LogP contribution in [0.1, 0.15) is 30.6 Å². The number of primary amides is 1. The number of hydrogen-bond donors (Lipinski definition) is 4. The number of pyridine rings is 2. The van der Waals surface area contributed by atoms with Crippen LogP contribution in [-0.4, -0.2) is 37.7 Å². The van der Waals surface area contributed by atoms with Gasteiger partial charge in [-0.25, -0.2) is 14.1 Å². The van der Waals surface area contributed by atoms with Crippen LogP contribution in [0.2, 0.25) is 5.02 Å². The van der Waals surface area contributed by atoms with E-state index in [4.69, 9.17) is 23.1 Å². The smallest absolute Gasteiger partial charge is 0.252 e. The van der Waals surface area contributed by atoms with E-state index >= 15 is 0 Å². The lowest BCUT2D eigenvalue weighted by Crippen LogP contribution is -2.38. The van der Waals surface area contributed by atoms with Gasteiger partial charge >= 0.3 is 0 Å². The van der Waals surface area contributed by atoms with Crippen LogP contribution in [-0.2, 0) is 0 Å². The van der Waals surface area contributed by atoms with Crippen molar-refractivity contribution >= 4 is 34.8 Å². The van der Waals surface area contributed by atoms with Gasteiger partial charge in [0, 0.05) is 18.3 Å². The molecule has 0 saturated carbocycles. The summed E-state index contributed by atoms with van der Waals surface area (Å²) in [4.78, 5) is 20.2. The molecule has 3 aromatic rings. The number of rotatable bonds is 8. The van der Waals surface area contributed by atoms with Crippen LogP contribution >= 0.6 is 11.6 Å². The van der Waals surface area contributed by atoms with Crippen LogP contribution in [0, 0.1) is 5.82 Å². The fraction of sp³-hybridized carbons (Fsp3) is 0.263. The number of nitrogens with one attached hydrogen (secondary N) is 2. The van der Waals surface area contributed by atoms with Gasteiger partial charge in [0.15, 0.2) is 11.6 Å². The number of nitrogens with two attached hydrogens (primary N) is 2. The third kappa shape index (κ3) is 4.84. The van der Waals surface area contributed by atoms with Crippen LogP contribution in [0.25, 0.3) is 5.69 Å². The zero-order valence-electron chi connectivity index (χ0n) is 16.4. The van der Waals surface area contributed by atoms with Gasteiger partial charge in [-0.05, 0) is 25.5 Å². The number of anilines is 3.